The molecule has 0 bridgehead atoms. The van der Waals surface area contributed by atoms with Gasteiger partial charge in [-0.2, -0.15) is 5.10 Å². The number of nitrogens with one attached hydrogen (secondary N) is 1. The fourth-order valence-corrected chi connectivity index (χ4v) is 2.81. The van der Waals surface area contributed by atoms with Gasteiger partial charge in [0.05, 0.1) is 23.2 Å². The van der Waals surface area contributed by atoms with Gasteiger partial charge in [-0.1, -0.05) is 6.07 Å². The summed E-state index contributed by atoms with van der Waals surface area (Å²) in [6, 6.07) is 7.70. The Kier molecular flexibility index (Phi) is 2.35. The SMILES string of the molecule is O=CN1CCc2[nH]cnc2C1c1cc2ccccn2n1. The first-order valence-electron chi connectivity index (χ1n) is 6.54. The zero-order chi connectivity index (χ0) is 13.5. The van der Waals surface area contributed by atoms with Crippen molar-refractivity contribution in [3.05, 3.63) is 53.9 Å². The van der Waals surface area contributed by atoms with Crippen LogP contribution in [-0.2, 0) is 11.2 Å². The summed E-state index contributed by atoms with van der Waals surface area (Å²) in [6.07, 6.45) is 5.27. The summed E-state index contributed by atoms with van der Waals surface area (Å²) in [5, 5.41) is 4.58. The van der Waals surface area contributed by atoms with E-state index in [-0.39, 0.29) is 6.04 Å². The van der Waals surface area contributed by atoms with Crippen molar-refractivity contribution in [1.82, 2.24) is 24.5 Å². The summed E-state index contributed by atoms with van der Waals surface area (Å²) in [5.41, 5.74) is 3.84. The second kappa shape index (κ2) is 4.19. The van der Waals surface area contributed by atoms with Gasteiger partial charge in [0.1, 0.15) is 6.04 Å². The molecule has 0 saturated heterocycles. The Hall–Kier alpha value is -2.63. The molecule has 0 aromatic carbocycles. The van der Waals surface area contributed by atoms with E-state index in [1.807, 2.05) is 35.0 Å². The van der Waals surface area contributed by atoms with Crippen molar-refractivity contribution >= 4 is 11.9 Å². The highest BCUT2D eigenvalue weighted by molar-refractivity contribution is 5.54. The number of aromatic nitrogens is 4. The molecule has 1 atom stereocenters. The van der Waals surface area contributed by atoms with Crippen molar-refractivity contribution in [1.29, 1.82) is 0 Å². The molecule has 1 N–H and O–H groups in total. The van der Waals surface area contributed by atoms with E-state index in [9.17, 15) is 4.79 Å². The summed E-state index contributed by atoms with van der Waals surface area (Å²) in [4.78, 5) is 20.6. The minimum atomic E-state index is -0.206. The van der Waals surface area contributed by atoms with Gasteiger partial charge in [-0.25, -0.2) is 9.50 Å². The van der Waals surface area contributed by atoms with E-state index in [1.54, 1.807) is 11.2 Å². The highest BCUT2D eigenvalue weighted by atomic mass is 16.1. The molecule has 3 aromatic rings. The molecule has 6 nitrogen and oxygen atoms in total. The highest BCUT2D eigenvalue weighted by Crippen LogP contribution is 2.31. The highest BCUT2D eigenvalue weighted by Gasteiger charge is 2.31. The number of carbonyl (C=O) groups excluding carboxylic acids is 1. The van der Waals surface area contributed by atoms with E-state index in [1.165, 1.54) is 0 Å². The predicted octanol–water partition coefficient (Wildman–Crippen LogP) is 1.16. The third kappa shape index (κ3) is 1.54. The maximum absolute atomic E-state index is 11.3. The fraction of sp³-hybridized carbons (Fsp3) is 0.214. The van der Waals surface area contributed by atoms with Crippen molar-refractivity contribution in [2.45, 2.75) is 12.5 Å². The number of fused-ring (bicyclic) bond motifs is 2. The number of carbonyl (C=O) groups is 1. The van der Waals surface area contributed by atoms with E-state index in [2.05, 4.69) is 15.1 Å². The molecule has 0 spiro atoms. The zero-order valence-corrected chi connectivity index (χ0v) is 10.7. The van der Waals surface area contributed by atoms with Crippen LogP contribution in [0.25, 0.3) is 5.52 Å². The predicted molar refractivity (Wildman–Crippen MR) is 72.1 cm³/mol. The Morgan fingerprint density at radius 3 is 3.20 bits per heavy atom. The third-order valence-electron chi connectivity index (χ3n) is 3.77. The van der Waals surface area contributed by atoms with E-state index < -0.39 is 0 Å². The summed E-state index contributed by atoms with van der Waals surface area (Å²) >= 11 is 0. The van der Waals surface area contributed by atoms with Crippen molar-refractivity contribution in [2.75, 3.05) is 6.54 Å². The van der Waals surface area contributed by atoms with Gasteiger partial charge in [-0.3, -0.25) is 4.79 Å². The lowest BCUT2D eigenvalue weighted by molar-refractivity contribution is -0.120. The number of hydrogen-bond acceptors (Lipinski definition) is 3. The fourth-order valence-electron chi connectivity index (χ4n) is 2.81. The lowest BCUT2D eigenvalue weighted by Crippen LogP contribution is -2.35. The van der Waals surface area contributed by atoms with E-state index in [0.29, 0.717) is 6.54 Å². The molecule has 3 aromatic heterocycles. The molecule has 1 unspecified atom stereocenters. The van der Waals surface area contributed by atoms with E-state index in [4.69, 9.17) is 0 Å². The quantitative estimate of drug-likeness (QED) is 0.709. The molecule has 1 aliphatic heterocycles. The van der Waals surface area contributed by atoms with Crippen LogP contribution in [0.5, 0.6) is 0 Å². The first kappa shape index (κ1) is 11.2. The number of rotatable bonds is 2. The zero-order valence-electron chi connectivity index (χ0n) is 10.7. The van der Waals surface area contributed by atoms with Crippen LogP contribution in [0.4, 0.5) is 0 Å². The Labute approximate surface area is 115 Å². The van der Waals surface area contributed by atoms with Gasteiger partial charge in [0, 0.05) is 24.9 Å². The van der Waals surface area contributed by atoms with Gasteiger partial charge in [0.2, 0.25) is 6.41 Å². The van der Waals surface area contributed by atoms with Gasteiger partial charge in [0.25, 0.3) is 0 Å². The molecule has 1 aliphatic rings. The van der Waals surface area contributed by atoms with Crippen LogP contribution in [0.3, 0.4) is 0 Å². The number of nitrogens with zero attached hydrogens (tertiary/aromatic N) is 4. The molecule has 100 valence electrons. The van der Waals surface area contributed by atoms with Crippen LogP contribution >= 0.6 is 0 Å². The number of pyridine rings is 1. The van der Waals surface area contributed by atoms with Gasteiger partial charge in [0.15, 0.2) is 0 Å². The minimum Gasteiger partial charge on any atom is -0.348 e. The molecule has 0 radical (unpaired) electrons. The monoisotopic (exact) mass is 267 g/mol. The lowest BCUT2D eigenvalue weighted by atomic mass is 10.0. The summed E-state index contributed by atoms with van der Waals surface area (Å²) in [7, 11) is 0. The molecule has 0 saturated carbocycles. The molecular formula is C14H13N5O. The minimum absolute atomic E-state index is 0.206. The van der Waals surface area contributed by atoms with E-state index >= 15 is 0 Å². The normalized spacial score (nSPS) is 18.2. The Bertz CT molecular complexity index is 742. The molecule has 1 amide bonds. The molecule has 0 fully saturated rings. The molecule has 4 rings (SSSR count). The summed E-state index contributed by atoms with van der Waals surface area (Å²) < 4.78 is 1.82. The standard InChI is InChI=1S/C14H13N5O/c20-9-18-6-4-11-13(16-8-15-11)14(18)12-7-10-3-1-2-5-19(10)17-12/h1-3,5,7-9,14H,4,6H2,(H,15,16). The Morgan fingerprint density at radius 1 is 1.40 bits per heavy atom. The smallest absolute Gasteiger partial charge is 0.210 e. The maximum atomic E-state index is 11.3. The van der Waals surface area contributed by atoms with Crippen molar-refractivity contribution in [2.24, 2.45) is 0 Å². The van der Waals surface area contributed by atoms with Crippen LogP contribution in [0.1, 0.15) is 23.1 Å². The average Bonchev–Trinajstić information content (AvgIpc) is 3.11. The first-order valence-corrected chi connectivity index (χ1v) is 6.54. The van der Waals surface area contributed by atoms with Gasteiger partial charge >= 0.3 is 0 Å². The second-order valence-corrected chi connectivity index (χ2v) is 4.90. The van der Waals surface area contributed by atoms with E-state index in [0.717, 1.165) is 35.4 Å². The van der Waals surface area contributed by atoms with Crippen molar-refractivity contribution in [3.63, 3.8) is 0 Å². The number of H-pyrrole nitrogens is 1. The van der Waals surface area contributed by atoms with Crippen LogP contribution in [0.2, 0.25) is 0 Å². The summed E-state index contributed by atoms with van der Waals surface area (Å²) in [6.45, 7) is 0.678. The van der Waals surface area contributed by atoms with Gasteiger partial charge in [-0.05, 0) is 18.2 Å². The number of hydrogen-bond donors (Lipinski definition) is 1. The molecular weight excluding hydrogens is 254 g/mol. The largest absolute Gasteiger partial charge is 0.348 e. The first-order chi connectivity index (χ1) is 9.86. The number of aromatic amines is 1. The Balaban J connectivity index is 1.88. The molecule has 6 heteroatoms. The molecule has 4 heterocycles. The van der Waals surface area contributed by atoms with Gasteiger partial charge in [-0.15, -0.1) is 0 Å². The third-order valence-corrected chi connectivity index (χ3v) is 3.77. The average molecular weight is 267 g/mol. The van der Waals surface area contributed by atoms with Crippen molar-refractivity contribution < 1.29 is 4.79 Å². The van der Waals surface area contributed by atoms with Crippen LogP contribution in [0, 0.1) is 0 Å². The summed E-state index contributed by atoms with van der Waals surface area (Å²) in [5.74, 6) is 0. The van der Waals surface area contributed by atoms with Crippen molar-refractivity contribution in [3.8, 4) is 0 Å². The molecule has 0 aliphatic carbocycles. The van der Waals surface area contributed by atoms with Crippen LogP contribution < -0.4 is 0 Å². The maximum Gasteiger partial charge on any atom is 0.210 e. The second-order valence-electron chi connectivity index (χ2n) is 4.90. The van der Waals surface area contributed by atoms with Crippen LogP contribution in [0.15, 0.2) is 36.8 Å². The van der Waals surface area contributed by atoms with Crippen LogP contribution in [-0.4, -0.2) is 37.4 Å². The number of amides is 1. The topological polar surface area (TPSA) is 66.3 Å². The lowest BCUT2D eigenvalue weighted by Gasteiger charge is -2.30. The van der Waals surface area contributed by atoms with Gasteiger partial charge < -0.3 is 9.88 Å². The Morgan fingerprint density at radius 2 is 2.35 bits per heavy atom. The molecule has 20 heavy (non-hydrogen) atoms. The number of imidazole rings is 1.